The second kappa shape index (κ2) is 5.82. The number of nitrogens with zero attached hydrogens (tertiary/aromatic N) is 1. The Kier molecular flexibility index (Phi) is 4.59. The standard InChI is InChI=1S/C12H21NO3S2/c14-12(10-6-7-10)13(8-9-17)18(15,16)11-4-2-1-3-5-11/h10-11,17H,1-9H2. The van der Waals surface area contributed by atoms with Crippen molar-refractivity contribution >= 4 is 28.6 Å². The third kappa shape index (κ3) is 3.02. The highest BCUT2D eigenvalue weighted by Crippen LogP contribution is 2.34. The smallest absolute Gasteiger partial charge is 0.240 e. The summed E-state index contributed by atoms with van der Waals surface area (Å²) in [7, 11) is -3.46. The van der Waals surface area contributed by atoms with Crippen molar-refractivity contribution in [3.63, 3.8) is 0 Å². The zero-order valence-electron chi connectivity index (χ0n) is 10.5. The van der Waals surface area contributed by atoms with Gasteiger partial charge in [-0.1, -0.05) is 19.3 Å². The molecule has 0 unspecified atom stereocenters. The number of sulfonamides is 1. The van der Waals surface area contributed by atoms with E-state index in [0.29, 0.717) is 18.6 Å². The summed E-state index contributed by atoms with van der Waals surface area (Å²) in [5.41, 5.74) is 0. The van der Waals surface area contributed by atoms with E-state index in [0.717, 1.165) is 36.4 Å². The van der Waals surface area contributed by atoms with Crippen LogP contribution in [0.3, 0.4) is 0 Å². The van der Waals surface area contributed by atoms with Crippen LogP contribution in [0.1, 0.15) is 44.9 Å². The summed E-state index contributed by atoms with van der Waals surface area (Å²) in [6.07, 6.45) is 6.08. The maximum absolute atomic E-state index is 12.5. The molecule has 0 N–H and O–H groups in total. The normalized spacial score (nSPS) is 21.8. The molecular formula is C12H21NO3S2. The molecule has 2 aliphatic rings. The molecule has 0 bridgehead atoms. The second-order valence-electron chi connectivity index (χ2n) is 5.21. The molecule has 0 spiro atoms. The van der Waals surface area contributed by atoms with E-state index < -0.39 is 10.0 Å². The molecule has 0 aromatic rings. The first-order valence-electron chi connectivity index (χ1n) is 6.73. The van der Waals surface area contributed by atoms with Gasteiger partial charge >= 0.3 is 0 Å². The van der Waals surface area contributed by atoms with Crippen LogP contribution in [0.5, 0.6) is 0 Å². The van der Waals surface area contributed by atoms with E-state index in [1.807, 2.05) is 0 Å². The third-order valence-electron chi connectivity index (χ3n) is 3.76. The predicted octanol–water partition coefficient (Wildman–Crippen LogP) is 1.82. The molecular weight excluding hydrogens is 270 g/mol. The molecule has 2 fully saturated rings. The lowest BCUT2D eigenvalue weighted by atomic mass is 10.0. The summed E-state index contributed by atoms with van der Waals surface area (Å²) in [5, 5.41) is -0.353. The van der Waals surface area contributed by atoms with Gasteiger partial charge in [-0.05, 0) is 25.7 Å². The van der Waals surface area contributed by atoms with E-state index in [-0.39, 0.29) is 23.6 Å². The average molecular weight is 291 g/mol. The van der Waals surface area contributed by atoms with E-state index in [4.69, 9.17) is 0 Å². The van der Waals surface area contributed by atoms with Gasteiger partial charge in [0.1, 0.15) is 0 Å². The summed E-state index contributed by atoms with van der Waals surface area (Å²) in [6.45, 7) is 0.220. The predicted molar refractivity (Wildman–Crippen MR) is 74.1 cm³/mol. The number of carbonyl (C=O) groups is 1. The fourth-order valence-electron chi connectivity index (χ4n) is 2.53. The summed E-state index contributed by atoms with van der Waals surface area (Å²) >= 11 is 4.08. The molecule has 6 heteroatoms. The van der Waals surface area contributed by atoms with Gasteiger partial charge in [0.2, 0.25) is 15.9 Å². The fourth-order valence-corrected chi connectivity index (χ4v) is 4.90. The Morgan fingerprint density at radius 2 is 1.72 bits per heavy atom. The van der Waals surface area contributed by atoms with Crippen LogP contribution in [0.2, 0.25) is 0 Å². The second-order valence-corrected chi connectivity index (χ2v) is 7.80. The van der Waals surface area contributed by atoms with Crippen molar-refractivity contribution in [2.45, 2.75) is 50.2 Å². The fraction of sp³-hybridized carbons (Fsp3) is 0.917. The molecule has 0 aromatic carbocycles. The lowest BCUT2D eigenvalue weighted by Crippen LogP contribution is -2.45. The van der Waals surface area contributed by atoms with Crippen molar-refractivity contribution in [3.8, 4) is 0 Å². The molecule has 0 saturated heterocycles. The highest BCUT2D eigenvalue weighted by Gasteiger charge is 2.41. The Hall–Kier alpha value is -0.230. The lowest BCUT2D eigenvalue weighted by Gasteiger charge is -2.29. The highest BCUT2D eigenvalue weighted by atomic mass is 32.2. The monoisotopic (exact) mass is 291 g/mol. The van der Waals surface area contributed by atoms with Crippen LogP contribution < -0.4 is 0 Å². The minimum Gasteiger partial charge on any atom is -0.273 e. The van der Waals surface area contributed by atoms with Gasteiger partial charge < -0.3 is 0 Å². The molecule has 0 aliphatic heterocycles. The summed E-state index contributed by atoms with van der Waals surface area (Å²) in [5.74, 6) is 0.141. The molecule has 0 heterocycles. The van der Waals surface area contributed by atoms with Gasteiger partial charge in [0.15, 0.2) is 0 Å². The largest absolute Gasteiger partial charge is 0.273 e. The average Bonchev–Trinajstić information content (AvgIpc) is 3.20. The van der Waals surface area contributed by atoms with E-state index in [1.165, 1.54) is 0 Å². The molecule has 1 amide bonds. The SMILES string of the molecule is O=C(C1CC1)N(CCS)S(=O)(=O)C1CCCCC1. The van der Waals surface area contributed by atoms with Crippen LogP contribution >= 0.6 is 12.6 Å². The van der Waals surface area contributed by atoms with Crippen LogP contribution in [-0.4, -0.2) is 36.2 Å². The Morgan fingerprint density at radius 3 is 2.22 bits per heavy atom. The number of thiol groups is 1. The van der Waals surface area contributed by atoms with Gasteiger partial charge in [0.25, 0.3) is 0 Å². The maximum Gasteiger partial charge on any atom is 0.240 e. The van der Waals surface area contributed by atoms with E-state index >= 15 is 0 Å². The van der Waals surface area contributed by atoms with E-state index in [9.17, 15) is 13.2 Å². The summed E-state index contributed by atoms with van der Waals surface area (Å²) < 4.78 is 26.2. The Morgan fingerprint density at radius 1 is 1.11 bits per heavy atom. The van der Waals surface area contributed by atoms with Gasteiger partial charge in [0.05, 0.1) is 5.25 Å². The number of rotatable bonds is 5. The van der Waals surface area contributed by atoms with Gasteiger partial charge in [-0.25, -0.2) is 12.7 Å². The van der Waals surface area contributed by atoms with Gasteiger partial charge in [0, 0.05) is 18.2 Å². The topological polar surface area (TPSA) is 54.5 Å². The minimum absolute atomic E-state index is 0.0525. The van der Waals surface area contributed by atoms with E-state index in [1.54, 1.807) is 0 Å². The summed E-state index contributed by atoms with van der Waals surface area (Å²) in [4.78, 5) is 12.1. The van der Waals surface area contributed by atoms with Crippen LogP contribution in [0.4, 0.5) is 0 Å². The van der Waals surface area contributed by atoms with Crippen molar-refractivity contribution in [3.05, 3.63) is 0 Å². The van der Waals surface area contributed by atoms with Crippen molar-refractivity contribution in [1.82, 2.24) is 4.31 Å². The zero-order valence-corrected chi connectivity index (χ0v) is 12.3. The van der Waals surface area contributed by atoms with Crippen molar-refractivity contribution in [2.75, 3.05) is 12.3 Å². The Labute approximate surface area is 115 Å². The van der Waals surface area contributed by atoms with Gasteiger partial charge in [-0.2, -0.15) is 12.6 Å². The van der Waals surface area contributed by atoms with E-state index in [2.05, 4.69) is 12.6 Å². The van der Waals surface area contributed by atoms with Gasteiger partial charge in [-0.15, -0.1) is 0 Å². The van der Waals surface area contributed by atoms with Gasteiger partial charge in [-0.3, -0.25) is 4.79 Å². The van der Waals surface area contributed by atoms with Crippen LogP contribution in [-0.2, 0) is 14.8 Å². The Bertz CT molecular complexity index is 398. The molecule has 2 saturated carbocycles. The molecule has 4 nitrogen and oxygen atoms in total. The lowest BCUT2D eigenvalue weighted by molar-refractivity contribution is -0.127. The molecule has 104 valence electrons. The number of hydrogen-bond donors (Lipinski definition) is 1. The molecule has 2 rings (SSSR count). The first-order chi connectivity index (χ1) is 8.57. The number of amides is 1. The maximum atomic E-state index is 12.5. The van der Waals surface area contributed by atoms with Crippen LogP contribution in [0.25, 0.3) is 0 Å². The molecule has 0 radical (unpaired) electrons. The zero-order chi connectivity index (χ0) is 13.2. The quantitative estimate of drug-likeness (QED) is 0.786. The van der Waals surface area contributed by atoms with Crippen molar-refractivity contribution in [2.24, 2.45) is 5.92 Å². The molecule has 2 aliphatic carbocycles. The Balaban J connectivity index is 2.14. The molecule has 18 heavy (non-hydrogen) atoms. The third-order valence-corrected chi connectivity index (χ3v) is 6.25. The summed E-state index contributed by atoms with van der Waals surface area (Å²) in [6, 6.07) is 0. The number of hydrogen-bond acceptors (Lipinski definition) is 4. The first kappa shape index (κ1) is 14.2. The van der Waals surface area contributed by atoms with Crippen LogP contribution in [0.15, 0.2) is 0 Å². The minimum atomic E-state index is -3.46. The first-order valence-corrected chi connectivity index (χ1v) is 8.87. The molecule has 0 aromatic heterocycles. The molecule has 0 atom stereocenters. The van der Waals surface area contributed by atoms with Crippen LogP contribution in [0, 0.1) is 5.92 Å². The number of carbonyl (C=O) groups excluding carboxylic acids is 1. The highest BCUT2D eigenvalue weighted by molar-refractivity contribution is 7.90. The van der Waals surface area contributed by atoms with Crippen molar-refractivity contribution < 1.29 is 13.2 Å². The van der Waals surface area contributed by atoms with Crippen molar-refractivity contribution in [1.29, 1.82) is 0 Å².